The Balaban J connectivity index is 0.705. The van der Waals surface area contributed by atoms with Crippen molar-refractivity contribution in [3.63, 3.8) is 0 Å². The number of alkyl halides is 2. The number of ether oxygens (including phenoxy) is 7. The predicted octanol–water partition coefficient (Wildman–Crippen LogP) is 7.50. The van der Waals surface area contributed by atoms with Crippen molar-refractivity contribution in [1.82, 2.24) is 26.6 Å². The van der Waals surface area contributed by atoms with Crippen LogP contribution in [0.15, 0.2) is 103 Å². The lowest BCUT2D eigenvalue weighted by molar-refractivity contribution is -0.233. The van der Waals surface area contributed by atoms with E-state index in [-0.39, 0.29) is 128 Å². The van der Waals surface area contributed by atoms with E-state index in [1.807, 2.05) is 62.4 Å². The van der Waals surface area contributed by atoms with Crippen molar-refractivity contribution in [3.05, 3.63) is 125 Å². The molecule has 4 aliphatic carbocycles. The molecule has 25 nitrogen and oxygen atoms in total. The molecule has 12 atom stereocenters. The third-order valence-corrected chi connectivity index (χ3v) is 20.5. The van der Waals surface area contributed by atoms with Crippen molar-refractivity contribution in [2.45, 2.75) is 173 Å². The summed E-state index contributed by atoms with van der Waals surface area (Å²) in [5.41, 5.74) is 2.76. The molecule has 27 heteroatoms. The smallest absolute Gasteiger partial charge is 0.407 e. The van der Waals surface area contributed by atoms with Crippen LogP contribution in [0.3, 0.4) is 0 Å². The fraction of sp³-hybridized carbons (Fsp3) is 0.566. The molecule has 0 bridgehead atoms. The van der Waals surface area contributed by atoms with Gasteiger partial charge in [0, 0.05) is 60.5 Å². The van der Waals surface area contributed by atoms with E-state index in [4.69, 9.17) is 38.9 Å². The van der Waals surface area contributed by atoms with Crippen LogP contribution in [-0.2, 0) is 86.3 Å². The number of para-hydroxylation sites is 1. The second-order valence-electron chi connectivity index (χ2n) is 27.5. The number of halogens is 2. The molecule has 1 unspecified atom stereocenters. The van der Waals surface area contributed by atoms with Crippen LogP contribution in [0.4, 0.5) is 29.7 Å². The number of benzene rings is 3. The first-order valence-electron chi connectivity index (χ1n) is 35.8. The number of aliphatic hydroxyl groups is 1. The number of hydrogen-bond donors (Lipinski definition) is 8. The normalized spacial score (nSPS) is 25.0. The maximum absolute atomic E-state index is 18.0. The Labute approximate surface area is 600 Å². The third-order valence-electron chi connectivity index (χ3n) is 20.5. The van der Waals surface area contributed by atoms with Crippen LogP contribution >= 0.6 is 0 Å². The monoisotopic (exact) mass is 1440 g/mol. The summed E-state index contributed by atoms with van der Waals surface area (Å²) in [4.78, 5) is 121. The molecule has 8 amide bonds. The summed E-state index contributed by atoms with van der Waals surface area (Å²) in [5, 5.41) is 28.0. The number of aliphatic hydroxyl groups excluding tert-OH is 1. The molecule has 1 heterocycles. The van der Waals surface area contributed by atoms with E-state index in [0.29, 0.717) is 43.9 Å². The van der Waals surface area contributed by atoms with Gasteiger partial charge in [-0.3, -0.25) is 33.6 Å². The van der Waals surface area contributed by atoms with Gasteiger partial charge >= 0.3 is 12.1 Å². The number of allylic oxidation sites excluding steroid dienone is 4. The molecule has 0 aromatic heterocycles. The van der Waals surface area contributed by atoms with Gasteiger partial charge in [-0.15, -0.1) is 0 Å². The van der Waals surface area contributed by atoms with Gasteiger partial charge in [-0.25, -0.2) is 18.4 Å². The van der Waals surface area contributed by atoms with Crippen molar-refractivity contribution in [1.29, 1.82) is 0 Å². The minimum atomic E-state index is -2.39. The van der Waals surface area contributed by atoms with Crippen molar-refractivity contribution < 1.29 is 90.2 Å². The number of Topliss-reactive ketones (excluding diaryl/α,β-unsaturated/α-hetero) is 1. The Bertz CT molecular complexity index is 3540. The summed E-state index contributed by atoms with van der Waals surface area (Å²) in [6.45, 7) is 16.3. The quantitative estimate of drug-likeness (QED) is 0.0256. The minimum absolute atomic E-state index is 0.0195. The number of urea groups is 1. The van der Waals surface area contributed by atoms with Crippen LogP contribution in [0, 0.1) is 28.6 Å². The van der Waals surface area contributed by atoms with Gasteiger partial charge in [-0.1, -0.05) is 114 Å². The molecule has 1 aliphatic heterocycles. The lowest BCUT2D eigenvalue weighted by Crippen LogP contribution is -2.71. The summed E-state index contributed by atoms with van der Waals surface area (Å²) in [7, 11) is 0. The van der Waals surface area contributed by atoms with Crippen molar-refractivity contribution in [3.8, 4) is 0 Å². The molecule has 562 valence electrons. The molecule has 0 spiro atoms. The van der Waals surface area contributed by atoms with Crippen LogP contribution in [0.5, 0.6) is 0 Å². The number of anilines is 2. The Morgan fingerprint density at radius 2 is 1.46 bits per heavy atom. The molecule has 3 aromatic rings. The molecule has 5 aliphatic rings. The summed E-state index contributed by atoms with van der Waals surface area (Å²) < 4.78 is 74.9. The van der Waals surface area contributed by atoms with Crippen LogP contribution in [0.1, 0.15) is 128 Å². The van der Waals surface area contributed by atoms with E-state index < -0.39 is 125 Å². The number of primary amides is 1. The Kier molecular flexibility index (Phi) is 29.2. The van der Waals surface area contributed by atoms with Gasteiger partial charge in [0.15, 0.2) is 29.1 Å². The number of carbonyl (C=O) groups is 9. The Hall–Kier alpha value is -8.31. The SMILES string of the molecule is C=Cc1ccccc1CN(C(=O)CCC(=O)NCCOCCOCCOCCOCCC(=O)N[C@H](C(=O)N[C@@H](CCCNC(N)=O)C(=O)Nc1ccc(COC(=O)NCC(=O)[C@@]23OC(CCC)O[C@@H]2C[C@H]2[C@@H]4C[C@H](F)C5=CC(=O)C=C[C@]5(C)[C@@]4(F)[C@@H](O)C[C@@]23C)cc1)C(C)C)c1ccccc1CC. The predicted molar refractivity (Wildman–Crippen MR) is 379 cm³/mol. The molecule has 3 aromatic carbocycles. The molecular weight excluding hydrogens is 1330 g/mol. The molecule has 8 rings (SSSR count). The first-order chi connectivity index (χ1) is 49.3. The second kappa shape index (κ2) is 37.4. The summed E-state index contributed by atoms with van der Waals surface area (Å²) in [6, 6.07) is 18.9. The van der Waals surface area contributed by atoms with Crippen molar-refractivity contribution in [2.75, 3.05) is 82.7 Å². The average molecular weight is 1440 g/mol. The maximum atomic E-state index is 18.0. The molecular formula is C76H102F2N8O17. The first kappa shape index (κ1) is 80.4. The van der Waals surface area contributed by atoms with Gasteiger partial charge in [0.1, 0.15) is 24.9 Å². The number of carbonyl (C=O) groups excluding carboxylic acids is 9. The van der Waals surface area contributed by atoms with E-state index in [0.717, 1.165) is 34.9 Å². The zero-order chi connectivity index (χ0) is 74.5. The standard InChI is InChI=1S/C76H102F2N8O17/c1-8-16-67-102-63-43-55-56-42-58(77)57-41-54(87)28-30-73(57,6)75(56,78)61(88)44-74(55,7)76(63,103-67)62(89)45-82-72(96)101-47-49-22-24-53(25-23-49)83-69(93)59(20-15-31-81-71(79)95)84-70(94)68(48(4)5)85-65(91)29-33-97-35-37-99-39-40-100-38-36-98-34-32-80-64(90)26-27-66(92)86(60-21-14-13-18-51(60)10-3)46-52-19-12-11-17-50(52)9-2/h9,11-14,17-19,21-25,28,30,41,48,55-56,58-59,61,63,67-68,88H,2,8,10,15-16,20,26-27,29,31-40,42-47H2,1,3-7H3,(H,80,90)(H,82,96)(H,83,93)(H,84,94)(H,85,91)(H3,79,81,95)/t55-,56-,58-,59-,61-,63+,67?,68-,73-,74-,75-,76+/m0/s1. The van der Waals surface area contributed by atoms with E-state index in [2.05, 4.69) is 38.5 Å². The Morgan fingerprint density at radius 1 is 0.786 bits per heavy atom. The van der Waals surface area contributed by atoms with Gasteiger partial charge in [-0.2, -0.15) is 0 Å². The first-order valence-corrected chi connectivity index (χ1v) is 35.8. The van der Waals surface area contributed by atoms with Crippen LogP contribution in [0.2, 0.25) is 0 Å². The number of nitrogens with two attached hydrogens (primary N) is 1. The number of nitrogens with zero attached hydrogens (tertiary/aromatic N) is 1. The van der Waals surface area contributed by atoms with Crippen molar-refractivity contribution in [2.24, 2.45) is 34.3 Å². The van der Waals surface area contributed by atoms with E-state index in [1.54, 1.807) is 56.0 Å². The van der Waals surface area contributed by atoms with E-state index >= 15 is 8.78 Å². The molecule has 1 saturated heterocycles. The number of rotatable bonds is 40. The zero-order valence-electron chi connectivity index (χ0n) is 59.9. The van der Waals surface area contributed by atoms with Gasteiger partial charge in [0.05, 0.1) is 78.2 Å². The van der Waals surface area contributed by atoms with Gasteiger partial charge in [-0.05, 0) is 122 Å². The van der Waals surface area contributed by atoms with E-state index in [1.165, 1.54) is 19.1 Å². The number of hydrogen-bond acceptors (Lipinski definition) is 17. The number of nitrogens with one attached hydrogen (secondary N) is 6. The van der Waals surface area contributed by atoms with Gasteiger partial charge < -0.3 is 80.8 Å². The van der Waals surface area contributed by atoms with Crippen molar-refractivity contribution >= 4 is 70.7 Å². The number of fused-ring (bicyclic) bond motifs is 7. The fourth-order valence-electron chi connectivity index (χ4n) is 15.2. The summed E-state index contributed by atoms with van der Waals surface area (Å²) in [5.74, 6) is -5.35. The maximum Gasteiger partial charge on any atom is 0.407 e. The second-order valence-corrected chi connectivity index (χ2v) is 27.5. The van der Waals surface area contributed by atoms with Crippen LogP contribution in [0.25, 0.3) is 6.08 Å². The summed E-state index contributed by atoms with van der Waals surface area (Å²) >= 11 is 0. The number of aryl methyl sites for hydroxylation is 1. The molecule has 0 radical (unpaired) electrons. The molecule has 9 N–H and O–H groups in total. The molecule has 4 fully saturated rings. The van der Waals surface area contributed by atoms with Crippen LogP contribution < -0.4 is 42.5 Å². The zero-order valence-corrected chi connectivity index (χ0v) is 59.9. The summed E-state index contributed by atoms with van der Waals surface area (Å²) in [6.07, 6.45) is 1.08. The third kappa shape index (κ3) is 19.6. The highest BCUT2D eigenvalue weighted by atomic mass is 19.1. The lowest BCUT2D eigenvalue weighted by Gasteiger charge is -2.63. The highest BCUT2D eigenvalue weighted by Crippen LogP contribution is 2.72. The van der Waals surface area contributed by atoms with Gasteiger partial charge in [0.2, 0.25) is 29.5 Å². The number of amides is 8. The number of ketones is 2. The highest BCUT2D eigenvalue weighted by molar-refractivity contribution is 6.02. The topological polar surface area (TPSA) is 340 Å². The Morgan fingerprint density at radius 3 is 2.13 bits per heavy atom. The molecule has 3 saturated carbocycles. The molecule has 103 heavy (non-hydrogen) atoms. The largest absolute Gasteiger partial charge is 0.445 e. The number of alkyl carbamates (subject to hydrolysis) is 1. The fourth-order valence-corrected chi connectivity index (χ4v) is 15.2. The lowest BCUT2D eigenvalue weighted by atomic mass is 9.44. The average Bonchev–Trinajstić information content (AvgIpc) is 1.56. The van der Waals surface area contributed by atoms with Crippen LogP contribution in [-0.4, -0.2) is 179 Å². The van der Waals surface area contributed by atoms with Gasteiger partial charge in [0.25, 0.3) is 0 Å². The highest BCUT2D eigenvalue weighted by Gasteiger charge is 2.80. The minimum Gasteiger partial charge on any atom is -0.445 e. The van der Waals surface area contributed by atoms with E-state index in [9.17, 15) is 48.3 Å².